The van der Waals surface area contributed by atoms with Crippen LogP contribution in [0.2, 0.25) is 0 Å². The van der Waals surface area contributed by atoms with E-state index in [0.29, 0.717) is 6.54 Å². The number of piperidine rings is 1. The van der Waals surface area contributed by atoms with Crippen molar-refractivity contribution in [1.29, 1.82) is 0 Å². The molecular formula is C19H27N5O. The van der Waals surface area contributed by atoms with Gasteiger partial charge in [0.1, 0.15) is 18.7 Å². The number of benzene rings is 1. The molecule has 2 aromatic rings. The number of nitrogens with one attached hydrogen (secondary N) is 1. The molecule has 0 bridgehead atoms. The molecule has 6 nitrogen and oxygen atoms in total. The van der Waals surface area contributed by atoms with Crippen molar-refractivity contribution in [3.05, 3.63) is 48.0 Å². The Morgan fingerprint density at radius 3 is 2.76 bits per heavy atom. The van der Waals surface area contributed by atoms with Crippen LogP contribution in [0.3, 0.4) is 0 Å². The molecule has 1 N–H and O–H groups in total. The van der Waals surface area contributed by atoms with Gasteiger partial charge >= 0.3 is 0 Å². The van der Waals surface area contributed by atoms with Gasteiger partial charge in [-0.1, -0.05) is 31.2 Å². The number of likely N-dealkylation sites (tertiary alicyclic amines) is 1. The predicted octanol–water partition coefficient (Wildman–Crippen LogP) is 2.39. The van der Waals surface area contributed by atoms with Gasteiger partial charge in [0.15, 0.2) is 0 Å². The Labute approximate surface area is 149 Å². The molecule has 2 heterocycles. The monoisotopic (exact) mass is 341 g/mol. The van der Waals surface area contributed by atoms with Crippen LogP contribution in [-0.2, 0) is 17.9 Å². The molecule has 0 radical (unpaired) electrons. The molecular weight excluding hydrogens is 314 g/mol. The van der Waals surface area contributed by atoms with Crippen molar-refractivity contribution >= 4 is 5.91 Å². The molecule has 6 heteroatoms. The van der Waals surface area contributed by atoms with Crippen LogP contribution < -0.4 is 5.32 Å². The molecule has 0 spiro atoms. The summed E-state index contributed by atoms with van der Waals surface area (Å²) in [5.74, 6) is 0.743. The molecule has 25 heavy (non-hydrogen) atoms. The third-order valence-corrected chi connectivity index (χ3v) is 4.85. The highest BCUT2D eigenvalue weighted by molar-refractivity contribution is 5.79. The number of rotatable bonds is 6. The average molecular weight is 341 g/mol. The maximum atomic E-state index is 12.2. The van der Waals surface area contributed by atoms with Crippen LogP contribution >= 0.6 is 0 Å². The molecule has 1 saturated heterocycles. The van der Waals surface area contributed by atoms with E-state index in [1.165, 1.54) is 37.8 Å². The molecule has 1 aromatic heterocycles. The molecule has 0 unspecified atom stereocenters. The number of nitrogens with zero attached hydrogens (tertiary/aromatic N) is 4. The van der Waals surface area contributed by atoms with Crippen LogP contribution in [0.25, 0.3) is 0 Å². The number of amides is 1. The van der Waals surface area contributed by atoms with E-state index in [1.807, 2.05) is 6.92 Å². The van der Waals surface area contributed by atoms with E-state index in [1.54, 1.807) is 11.0 Å². The standard InChI is InChI=1S/C19H27N5O/c1-15-4-3-9-23(11-15)12-18-7-5-17(6-8-18)10-21-19(25)16(2)24-14-20-13-22-24/h5-8,13-16H,3-4,9-12H2,1-2H3,(H,21,25)/t15-,16+/m1/s1. The smallest absolute Gasteiger partial charge is 0.244 e. The molecule has 2 atom stereocenters. The van der Waals surface area contributed by atoms with Crippen LogP contribution in [0.15, 0.2) is 36.9 Å². The van der Waals surface area contributed by atoms with Gasteiger partial charge in [-0.2, -0.15) is 5.10 Å². The fourth-order valence-corrected chi connectivity index (χ4v) is 3.33. The largest absolute Gasteiger partial charge is 0.350 e. The predicted molar refractivity (Wildman–Crippen MR) is 96.7 cm³/mol. The molecule has 0 aliphatic carbocycles. The normalized spacial score (nSPS) is 19.5. The van der Waals surface area contributed by atoms with Crippen LogP contribution in [0, 0.1) is 5.92 Å². The first-order valence-corrected chi connectivity index (χ1v) is 9.04. The Kier molecular flexibility index (Phi) is 5.81. The van der Waals surface area contributed by atoms with Crippen molar-refractivity contribution in [3.63, 3.8) is 0 Å². The maximum Gasteiger partial charge on any atom is 0.244 e. The van der Waals surface area contributed by atoms with E-state index >= 15 is 0 Å². The zero-order valence-corrected chi connectivity index (χ0v) is 15.1. The van der Waals surface area contributed by atoms with Crippen molar-refractivity contribution in [1.82, 2.24) is 25.0 Å². The van der Waals surface area contributed by atoms with Crippen LogP contribution in [0.1, 0.15) is 43.9 Å². The topological polar surface area (TPSA) is 63.1 Å². The van der Waals surface area contributed by atoms with Crippen molar-refractivity contribution in [2.45, 2.75) is 45.8 Å². The summed E-state index contributed by atoms with van der Waals surface area (Å²) in [6.07, 6.45) is 5.64. The highest BCUT2D eigenvalue weighted by Crippen LogP contribution is 2.18. The number of carbonyl (C=O) groups excluding carboxylic acids is 1. The van der Waals surface area contributed by atoms with Crippen molar-refractivity contribution in [2.75, 3.05) is 13.1 Å². The molecule has 1 aliphatic heterocycles. The van der Waals surface area contributed by atoms with Gasteiger partial charge in [-0.05, 0) is 43.4 Å². The van der Waals surface area contributed by atoms with Gasteiger partial charge in [-0.15, -0.1) is 0 Å². The van der Waals surface area contributed by atoms with E-state index < -0.39 is 0 Å². The summed E-state index contributed by atoms with van der Waals surface area (Å²) >= 11 is 0. The average Bonchev–Trinajstić information content (AvgIpc) is 3.15. The molecule has 1 fully saturated rings. The van der Waals surface area contributed by atoms with Gasteiger partial charge in [-0.25, -0.2) is 9.67 Å². The minimum absolute atomic E-state index is 0.0584. The highest BCUT2D eigenvalue weighted by atomic mass is 16.2. The Bertz CT molecular complexity index is 668. The van der Waals surface area contributed by atoms with Gasteiger partial charge < -0.3 is 5.32 Å². The number of hydrogen-bond donors (Lipinski definition) is 1. The summed E-state index contributed by atoms with van der Waals surface area (Å²) < 4.78 is 1.55. The summed E-state index contributed by atoms with van der Waals surface area (Å²) in [4.78, 5) is 18.6. The number of hydrogen-bond acceptors (Lipinski definition) is 4. The third kappa shape index (κ3) is 4.89. The number of aromatic nitrogens is 3. The van der Waals surface area contributed by atoms with Crippen LogP contribution in [-0.4, -0.2) is 38.7 Å². The van der Waals surface area contributed by atoms with Crippen molar-refractivity contribution < 1.29 is 4.79 Å². The highest BCUT2D eigenvalue weighted by Gasteiger charge is 2.16. The first kappa shape index (κ1) is 17.6. The zero-order chi connectivity index (χ0) is 17.6. The fourth-order valence-electron chi connectivity index (χ4n) is 3.33. The third-order valence-electron chi connectivity index (χ3n) is 4.85. The fraction of sp³-hybridized carbons (Fsp3) is 0.526. The molecule has 1 aromatic carbocycles. The minimum Gasteiger partial charge on any atom is -0.350 e. The quantitative estimate of drug-likeness (QED) is 0.876. The summed E-state index contributed by atoms with van der Waals surface area (Å²) in [6, 6.07) is 8.18. The Morgan fingerprint density at radius 2 is 2.08 bits per heavy atom. The first-order valence-electron chi connectivity index (χ1n) is 9.04. The maximum absolute atomic E-state index is 12.2. The second kappa shape index (κ2) is 8.25. The molecule has 3 rings (SSSR count). The van der Waals surface area contributed by atoms with Gasteiger partial charge in [0, 0.05) is 19.6 Å². The minimum atomic E-state index is -0.358. The summed E-state index contributed by atoms with van der Waals surface area (Å²) in [5.41, 5.74) is 2.44. The Balaban J connectivity index is 1.48. The molecule has 1 aliphatic rings. The number of carbonyl (C=O) groups is 1. The van der Waals surface area contributed by atoms with Gasteiger partial charge in [-0.3, -0.25) is 9.69 Å². The zero-order valence-electron chi connectivity index (χ0n) is 15.1. The summed E-state index contributed by atoms with van der Waals surface area (Å²) in [5, 5.41) is 6.96. The van der Waals surface area contributed by atoms with Gasteiger partial charge in [0.25, 0.3) is 0 Å². The molecule has 134 valence electrons. The van der Waals surface area contributed by atoms with E-state index in [0.717, 1.165) is 18.0 Å². The lowest BCUT2D eigenvalue weighted by molar-refractivity contribution is -0.124. The second-order valence-corrected chi connectivity index (χ2v) is 7.07. The van der Waals surface area contributed by atoms with E-state index in [9.17, 15) is 4.79 Å². The lowest BCUT2D eigenvalue weighted by Gasteiger charge is -2.30. The van der Waals surface area contributed by atoms with E-state index in [4.69, 9.17) is 0 Å². The van der Waals surface area contributed by atoms with E-state index in [2.05, 4.69) is 51.5 Å². The van der Waals surface area contributed by atoms with Gasteiger partial charge in [0.2, 0.25) is 5.91 Å². The first-order chi connectivity index (χ1) is 12.1. The lowest BCUT2D eigenvalue weighted by Crippen LogP contribution is -2.33. The van der Waals surface area contributed by atoms with Crippen molar-refractivity contribution in [3.8, 4) is 0 Å². The summed E-state index contributed by atoms with van der Waals surface area (Å²) in [7, 11) is 0. The van der Waals surface area contributed by atoms with Gasteiger partial charge in [0.05, 0.1) is 0 Å². The Morgan fingerprint density at radius 1 is 1.32 bits per heavy atom. The Hall–Kier alpha value is -2.21. The van der Waals surface area contributed by atoms with Crippen molar-refractivity contribution in [2.24, 2.45) is 5.92 Å². The van der Waals surface area contributed by atoms with E-state index in [-0.39, 0.29) is 11.9 Å². The molecule has 0 saturated carbocycles. The lowest BCUT2D eigenvalue weighted by atomic mass is 9.99. The SMILES string of the molecule is C[C@@H]1CCCN(Cc2ccc(CNC(=O)[C@H](C)n3cncn3)cc2)C1. The van der Waals surface area contributed by atoms with Crippen LogP contribution in [0.4, 0.5) is 0 Å². The molecule has 1 amide bonds. The van der Waals surface area contributed by atoms with Crippen LogP contribution in [0.5, 0.6) is 0 Å². The second-order valence-electron chi connectivity index (χ2n) is 7.07. The summed E-state index contributed by atoms with van der Waals surface area (Å²) in [6.45, 7) is 8.07.